The first-order chi connectivity index (χ1) is 9.69. The highest BCUT2D eigenvalue weighted by molar-refractivity contribution is 6.27. The summed E-state index contributed by atoms with van der Waals surface area (Å²) in [5.74, 6) is -0.205. The lowest BCUT2D eigenvalue weighted by atomic mass is 9.91. The van der Waals surface area contributed by atoms with Gasteiger partial charge in [0.15, 0.2) is 0 Å². The van der Waals surface area contributed by atoms with Crippen molar-refractivity contribution in [3.05, 3.63) is 35.9 Å². The van der Waals surface area contributed by atoms with Crippen LogP contribution in [0.1, 0.15) is 18.4 Å². The summed E-state index contributed by atoms with van der Waals surface area (Å²) < 4.78 is 5.46. The van der Waals surface area contributed by atoms with Crippen molar-refractivity contribution in [2.45, 2.75) is 43.7 Å². The lowest BCUT2D eigenvalue weighted by Gasteiger charge is -2.36. The monoisotopic (exact) mass is 295 g/mol. The van der Waals surface area contributed by atoms with Crippen LogP contribution in [0.25, 0.3) is 0 Å². The number of halogens is 1. The summed E-state index contributed by atoms with van der Waals surface area (Å²) in [5, 5.41) is 10.2. The van der Waals surface area contributed by atoms with Gasteiger partial charge in [-0.2, -0.15) is 0 Å². The predicted molar refractivity (Wildman–Crippen MR) is 75.4 cm³/mol. The van der Waals surface area contributed by atoms with Crippen molar-refractivity contribution >= 4 is 17.5 Å². The molecule has 0 aromatic heterocycles. The molecule has 1 saturated carbocycles. The van der Waals surface area contributed by atoms with Gasteiger partial charge in [-0.25, -0.2) is 0 Å². The number of nitrogens with zero attached hydrogens (tertiary/aromatic N) is 1. The van der Waals surface area contributed by atoms with Crippen molar-refractivity contribution in [3.63, 3.8) is 0 Å². The van der Waals surface area contributed by atoms with Gasteiger partial charge in [-0.05, 0) is 12.0 Å². The largest absolute Gasteiger partial charge is 0.391 e. The van der Waals surface area contributed by atoms with Crippen molar-refractivity contribution in [2.75, 3.05) is 5.88 Å². The van der Waals surface area contributed by atoms with Crippen molar-refractivity contribution in [1.29, 1.82) is 0 Å². The van der Waals surface area contributed by atoms with Crippen LogP contribution in [0.5, 0.6) is 0 Å². The zero-order valence-electron chi connectivity index (χ0n) is 11.1. The van der Waals surface area contributed by atoms with Crippen LogP contribution in [0.2, 0.25) is 0 Å². The minimum Gasteiger partial charge on any atom is -0.391 e. The Kier molecular flexibility index (Phi) is 3.96. The molecule has 1 saturated heterocycles. The van der Waals surface area contributed by atoms with Crippen LogP contribution in [0.3, 0.4) is 0 Å². The summed E-state index contributed by atoms with van der Waals surface area (Å²) in [6.07, 6.45) is 1.16. The topological polar surface area (TPSA) is 53.1 Å². The first-order valence-electron chi connectivity index (χ1n) is 6.92. The van der Waals surface area contributed by atoms with Gasteiger partial charge in [0.1, 0.15) is 5.88 Å². The molecule has 1 aliphatic heterocycles. The van der Waals surface area contributed by atoms with E-state index < -0.39 is 6.10 Å². The normalized spacial score (nSPS) is 31.5. The number of alkyl halides is 1. The van der Waals surface area contributed by atoms with E-state index in [1.807, 2.05) is 30.3 Å². The number of rotatable bonds is 4. The fourth-order valence-corrected chi connectivity index (χ4v) is 3.12. The Morgan fingerprint density at radius 3 is 2.70 bits per heavy atom. The molecular weight excluding hydrogens is 278 g/mol. The minimum atomic E-state index is -0.533. The molecule has 1 heterocycles. The van der Waals surface area contributed by atoms with Gasteiger partial charge in [-0.15, -0.1) is 11.6 Å². The van der Waals surface area contributed by atoms with Crippen molar-refractivity contribution < 1.29 is 14.6 Å². The summed E-state index contributed by atoms with van der Waals surface area (Å²) >= 11 is 5.72. The maximum Gasteiger partial charge on any atom is 0.238 e. The van der Waals surface area contributed by atoms with Crippen molar-refractivity contribution in [1.82, 2.24) is 4.90 Å². The Morgan fingerprint density at radius 1 is 1.30 bits per heavy atom. The number of aliphatic hydroxyl groups excluding tert-OH is 1. The first-order valence-corrected chi connectivity index (χ1v) is 7.45. The van der Waals surface area contributed by atoms with Gasteiger partial charge in [0.2, 0.25) is 5.91 Å². The minimum absolute atomic E-state index is 0.0645. The number of benzene rings is 1. The quantitative estimate of drug-likeness (QED) is 0.677. The molecule has 3 rings (SSSR count). The Hall–Kier alpha value is -1.10. The van der Waals surface area contributed by atoms with E-state index in [0.717, 1.165) is 5.56 Å². The van der Waals surface area contributed by atoms with Gasteiger partial charge in [0, 0.05) is 13.0 Å². The molecule has 5 heteroatoms. The molecule has 108 valence electrons. The van der Waals surface area contributed by atoms with E-state index in [-0.39, 0.29) is 30.0 Å². The lowest BCUT2D eigenvalue weighted by Crippen LogP contribution is -2.50. The van der Waals surface area contributed by atoms with Crippen LogP contribution >= 0.6 is 11.6 Å². The second kappa shape index (κ2) is 5.72. The molecule has 2 fully saturated rings. The molecule has 1 N–H and O–H groups in total. The molecule has 0 spiro atoms. The Morgan fingerprint density at radius 2 is 2.00 bits per heavy atom. The van der Waals surface area contributed by atoms with Crippen LogP contribution in [0.4, 0.5) is 0 Å². The number of aliphatic hydroxyl groups is 1. The molecule has 4 nitrogen and oxygen atoms in total. The van der Waals surface area contributed by atoms with Crippen LogP contribution in [-0.4, -0.2) is 46.1 Å². The van der Waals surface area contributed by atoms with Gasteiger partial charge < -0.3 is 14.7 Å². The summed E-state index contributed by atoms with van der Waals surface area (Å²) in [6.45, 7) is 0.478. The van der Waals surface area contributed by atoms with Crippen LogP contribution in [-0.2, 0) is 16.1 Å². The second-order valence-corrected chi connectivity index (χ2v) is 5.73. The highest BCUT2D eigenvalue weighted by Gasteiger charge is 2.50. The lowest BCUT2D eigenvalue weighted by molar-refractivity contribution is -0.135. The maximum absolute atomic E-state index is 12.1. The molecule has 1 amide bonds. The maximum atomic E-state index is 12.1. The van der Waals surface area contributed by atoms with E-state index in [1.165, 1.54) is 0 Å². The standard InChI is InChI=1S/C15H18ClNO3/c16-8-15(19)17(9-10-4-2-1-3-5-10)11-6-13-14(20-13)7-12(11)18/h1-5,11-14,18H,6-9H2/t11-,12-,13+,14-/m1/s1. The summed E-state index contributed by atoms with van der Waals surface area (Å²) in [4.78, 5) is 13.8. The van der Waals surface area contributed by atoms with Gasteiger partial charge in [-0.1, -0.05) is 30.3 Å². The number of carbonyl (C=O) groups excluding carboxylic acids is 1. The van der Waals surface area contributed by atoms with E-state index in [1.54, 1.807) is 4.90 Å². The molecule has 0 unspecified atom stereocenters. The number of amides is 1. The van der Waals surface area contributed by atoms with E-state index in [0.29, 0.717) is 19.4 Å². The van der Waals surface area contributed by atoms with Gasteiger partial charge in [0.25, 0.3) is 0 Å². The highest BCUT2D eigenvalue weighted by Crippen LogP contribution is 2.39. The van der Waals surface area contributed by atoms with E-state index in [4.69, 9.17) is 16.3 Å². The third-order valence-corrected chi connectivity index (χ3v) is 4.34. The average molecular weight is 296 g/mol. The van der Waals surface area contributed by atoms with Crippen molar-refractivity contribution in [2.24, 2.45) is 0 Å². The number of hydrogen-bond acceptors (Lipinski definition) is 3. The smallest absolute Gasteiger partial charge is 0.238 e. The molecular formula is C15H18ClNO3. The Labute approximate surface area is 123 Å². The third kappa shape index (κ3) is 2.82. The summed E-state index contributed by atoms with van der Waals surface area (Å²) in [5.41, 5.74) is 1.04. The van der Waals surface area contributed by atoms with E-state index >= 15 is 0 Å². The predicted octanol–water partition coefficient (Wildman–Crippen LogP) is 1.54. The first kappa shape index (κ1) is 13.9. The van der Waals surface area contributed by atoms with E-state index in [9.17, 15) is 9.90 Å². The highest BCUT2D eigenvalue weighted by atomic mass is 35.5. The van der Waals surface area contributed by atoms with Crippen molar-refractivity contribution in [3.8, 4) is 0 Å². The van der Waals surface area contributed by atoms with Gasteiger partial charge in [-0.3, -0.25) is 4.79 Å². The summed E-state index contributed by atoms with van der Waals surface area (Å²) in [7, 11) is 0. The SMILES string of the molecule is O=C(CCl)N(Cc1ccccc1)[C@@H]1C[C@@H]2O[C@@H]2C[C@H]1O. The van der Waals surface area contributed by atoms with Gasteiger partial charge in [0.05, 0.1) is 24.4 Å². The second-order valence-electron chi connectivity index (χ2n) is 5.46. The molecule has 1 aromatic rings. The molecule has 1 aromatic carbocycles. The number of hydrogen-bond donors (Lipinski definition) is 1. The molecule has 0 bridgehead atoms. The zero-order valence-corrected chi connectivity index (χ0v) is 11.9. The molecule has 2 aliphatic rings. The number of epoxide rings is 1. The number of carbonyl (C=O) groups is 1. The van der Waals surface area contributed by atoms with Gasteiger partial charge >= 0.3 is 0 Å². The Balaban J connectivity index is 1.77. The van der Waals surface area contributed by atoms with Crippen LogP contribution < -0.4 is 0 Å². The Bertz CT molecular complexity index is 481. The molecule has 0 radical (unpaired) electrons. The molecule has 4 atom stereocenters. The number of fused-ring (bicyclic) bond motifs is 1. The molecule has 20 heavy (non-hydrogen) atoms. The number of ether oxygens (including phenoxy) is 1. The fourth-order valence-electron chi connectivity index (χ4n) is 2.97. The average Bonchev–Trinajstić information content (AvgIpc) is 3.22. The zero-order chi connectivity index (χ0) is 14.1. The fraction of sp³-hybridized carbons (Fsp3) is 0.533. The van der Waals surface area contributed by atoms with Crippen LogP contribution in [0.15, 0.2) is 30.3 Å². The molecule has 1 aliphatic carbocycles. The summed E-state index contributed by atoms with van der Waals surface area (Å²) in [6, 6.07) is 9.56. The third-order valence-electron chi connectivity index (χ3n) is 4.11. The van der Waals surface area contributed by atoms with Crippen LogP contribution in [0, 0.1) is 0 Å². The van der Waals surface area contributed by atoms with E-state index in [2.05, 4.69) is 0 Å².